The fourth-order valence-electron chi connectivity index (χ4n) is 4.98. The SMILES string of the molecule is C/C=C\C1O[Si](c2c(C)cc(C)cc2C)(c2c(C)cc(C)cc2C)OC1/C=C\C. The van der Waals surface area contributed by atoms with Gasteiger partial charge in [-0.15, -0.1) is 0 Å². The second-order valence-electron chi connectivity index (χ2n) is 8.38. The van der Waals surface area contributed by atoms with Gasteiger partial charge in [0, 0.05) is 10.4 Å². The quantitative estimate of drug-likeness (QED) is 0.524. The maximum absolute atomic E-state index is 7.01. The van der Waals surface area contributed by atoms with Gasteiger partial charge in [-0.1, -0.05) is 59.7 Å². The molecule has 2 unspecified atom stereocenters. The number of aryl methyl sites for hydroxylation is 6. The molecule has 0 bridgehead atoms. The predicted molar refractivity (Wildman–Crippen MR) is 126 cm³/mol. The number of rotatable bonds is 4. The van der Waals surface area contributed by atoms with Crippen LogP contribution in [0.5, 0.6) is 0 Å². The summed E-state index contributed by atoms with van der Waals surface area (Å²) in [6, 6.07) is 9.04. The molecule has 0 radical (unpaired) electrons. The minimum absolute atomic E-state index is 0.0805. The van der Waals surface area contributed by atoms with Gasteiger partial charge < -0.3 is 8.85 Å². The summed E-state index contributed by atoms with van der Waals surface area (Å²) in [5, 5.41) is 2.53. The molecule has 0 aromatic heterocycles. The minimum atomic E-state index is -2.91. The lowest BCUT2D eigenvalue weighted by Crippen LogP contribution is -2.64. The second kappa shape index (κ2) is 8.43. The number of hydrogen-bond acceptors (Lipinski definition) is 2. The molecule has 1 fully saturated rings. The Balaban J connectivity index is 2.36. The lowest BCUT2D eigenvalue weighted by molar-refractivity contribution is 0.234. The zero-order valence-corrected chi connectivity index (χ0v) is 20.1. The van der Waals surface area contributed by atoms with E-state index in [1.165, 1.54) is 43.8 Å². The molecular formula is C26H34O2Si. The summed E-state index contributed by atoms with van der Waals surface area (Å²) in [6.07, 6.45) is 8.25. The third-order valence-corrected chi connectivity index (χ3v) is 9.81. The maximum Gasteiger partial charge on any atom is 0.409 e. The van der Waals surface area contributed by atoms with E-state index < -0.39 is 8.56 Å². The van der Waals surface area contributed by atoms with Crippen molar-refractivity contribution >= 4 is 18.9 Å². The van der Waals surface area contributed by atoms with Crippen molar-refractivity contribution in [3.63, 3.8) is 0 Å². The topological polar surface area (TPSA) is 18.5 Å². The van der Waals surface area contributed by atoms with Crippen molar-refractivity contribution in [3.05, 3.63) is 82.0 Å². The van der Waals surface area contributed by atoms with E-state index in [1.807, 2.05) is 13.8 Å². The van der Waals surface area contributed by atoms with Crippen LogP contribution in [0.3, 0.4) is 0 Å². The van der Waals surface area contributed by atoms with Crippen LogP contribution in [0.25, 0.3) is 0 Å². The van der Waals surface area contributed by atoms with Crippen LogP contribution in [0, 0.1) is 41.5 Å². The Morgan fingerprint density at radius 3 is 1.21 bits per heavy atom. The van der Waals surface area contributed by atoms with Crippen molar-refractivity contribution in [1.29, 1.82) is 0 Å². The molecule has 0 aliphatic carbocycles. The van der Waals surface area contributed by atoms with Gasteiger partial charge in [0.1, 0.15) is 0 Å². The first-order chi connectivity index (χ1) is 13.7. The molecule has 29 heavy (non-hydrogen) atoms. The molecule has 1 aliphatic rings. The molecule has 2 aromatic carbocycles. The van der Waals surface area contributed by atoms with E-state index >= 15 is 0 Å². The van der Waals surface area contributed by atoms with Crippen molar-refractivity contribution in [3.8, 4) is 0 Å². The van der Waals surface area contributed by atoms with E-state index in [-0.39, 0.29) is 12.2 Å². The van der Waals surface area contributed by atoms with Gasteiger partial charge in [0.25, 0.3) is 0 Å². The summed E-state index contributed by atoms with van der Waals surface area (Å²) in [5.41, 5.74) is 7.59. The molecule has 0 amide bonds. The third-order valence-electron chi connectivity index (χ3n) is 5.70. The molecule has 0 N–H and O–H groups in total. The number of hydrogen-bond donors (Lipinski definition) is 0. The molecule has 0 saturated carbocycles. The van der Waals surface area contributed by atoms with Gasteiger partial charge in [0.2, 0.25) is 0 Å². The Labute approximate surface area is 177 Å². The largest absolute Gasteiger partial charge is 0.409 e. The average Bonchev–Trinajstić information content (AvgIpc) is 2.92. The minimum Gasteiger partial charge on any atom is -0.378 e. The molecule has 3 heteroatoms. The summed E-state index contributed by atoms with van der Waals surface area (Å²) >= 11 is 0. The van der Waals surface area contributed by atoms with Crippen LogP contribution in [0.2, 0.25) is 0 Å². The third kappa shape index (κ3) is 3.92. The van der Waals surface area contributed by atoms with Crippen molar-refractivity contribution in [2.45, 2.75) is 67.6 Å². The van der Waals surface area contributed by atoms with Gasteiger partial charge in [-0.05, 0) is 77.6 Å². The van der Waals surface area contributed by atoms with E-state index in [4.69, 9.17) is 8.85 Å². The normalized spacial score (nSPS) is 21.5. The number of allylic oxidation sites excluding steroid dienone is 2. The fraction of sp³-hybridized carbons (Fsp3) is 0.385. The van der Waals surface area contributed by atoms with Gasteiger partial charge in [0.05, 0.1) is 12.2 Å². The van der Waals surface area contributed by atoms with Crippen molar-refractivity contribution in [2.75, 3.05) is 0 Å². The first-order valence-electron chi connectivity index (χ1n) is 10.5. The molecule has 1 saturated heterocycles. The van der Waals surface area contributed by atoms with E-state index in [1.54, 1.807) is 0 Å². The molecule has 154 valence electrons. The van der Waals surface area contributed by atoms with Crippen molar-refractivity contribution < 1.29 is 8.85 Å². The van der Waals surface area contributed by atoms with Gasteiger partial charge in [0.15, 0.2) is 0 Å². The first-order valence-corrected chi connectivity index (χ1v) is 12.3. The van der Waals surface area contributed by atoms with Crippen LogP contribution >= 0.6 is 0 Å². The molecule has 2 aromatic rings. The monoisotopic (exact) mass is 406 g/mol. The standard InChI is InChI=1S/C26H34O2Si/c1-9-11-23-24(12-10-2)28-29(27-23,25-19(5)13-17(3)14-20(25)6)26-21(7)15-18(4)16-22(26)8/h9-16,23-24H,1-8H3/b11-9-,12-10-. The van der Waals surface area contributed by atoms with Crippen LogP contribution in [-0.4, -0.2) is 20.8 Å². The van der Waals surface area contributed by atoms with E-state index in [9.17, 15) is 0 Å². The van der Waals surface area contributed by atoms with Crippen molar-refractivity contribution in [1.82, 2.24) is 0 Å². The van der Waals surface area contributed by atoms with Crippen molar-refractivity contribution in [2.24, 2.45) is 0 Å². The lowest BCUT2D eigenvalue weighted by Gasteiger charge is -2.31. The fourth-order valence-corrected chi connectivity index (χ4v) is 9.32. The first kappa shape index (κ1) is 21.8. The Bertz CT molecular complexity index is 845. The summed E-state index contributed by atoms with van der Waals surface area (Å²) in [6.45, 7) is 17.2. The molecular weight excluding hydrogens is 372 g/mol. The highest BCUT2D eigenvalue weighted by Crippen LogP contribution is 2.31. The predicted octanol–water partition coefficient (Wildman–Crippen LogP) is 5.03. The van der Waals surface area contributed by atoms with Crippen LogP contribution in [-0.2, 0) is 8.85 Å². The number of benzene rings is 2. The van der Waals surface area contributed by atoms with Gasteiger partial charge >= 0.3 is 8.56 Å². The van der Waals surface area contributed by atoms with Crippen LogP contribution < -0.4 is 10.4 Å². The summed E-state index contributed by atoms with van der Waals surface area (Å²) in [7, 11) is -2.91. The highest BCUT2D eigenvalue weighted by Gasteiger charge is 2.55. The Hall–Kier alpha value is -1.94. The van der Waals surface area contributed by atoms with E-state index in [2.05, 4.69) is 90.1 Å². The lowest BCUT2D eigenvalue weighted by atomic mass is 10.1. The zero-order valence-electron chi connectivity index (χ0n) is 19.1. The molecule has 2 atom stereocenters. The Morgan fingerprint density at radius 1 is 0.621 bits per heavy atom. The molecule has 1 heterocycles. The molecule has 0 spiro atoms. The smallest absolute Gasteiger partial charge is 0.378 e. The van der Waals surface area contributed by atoms with E-state index in [0.717, 1.165) is 0 Å². The Kier molecular flexibility index (Phi) is 6.32. The van der Waals surface area contributed by atoms with Gasteiger partial charge in [-0.25, -0.2) is 0 Å². The summed E-state index contributed by atoms with van der Waals surface area (Å²) in [4.78, 5) is 0. The average molecular weight is 407 g/mol. The summed E-state index contributed by atoms with van der Waals surface area (Å²) < 4.78 is 14.0. The molecule has 1 aliphatic heterocycles. The molecule has 3 rings (SSSR count). The highest BCUT2D eigenvalue weighted by atomic mass is 28.4. The summed E-state index contributed by atoms with van der Waals surface area (Å²) in [5.74, 6) is 0. The van der Waals surface area contributed by atoms with Crippen LogP contribution in [0.4, 0.5) is 0 Å². The highest BCUT2D eigenvalue weighted by molar-refractivity contribution is 6.94. The second-order valence-corrected chi connectivity index (χ2v) is 11.1. The van der Waals surface area contributed by atoms with Crippen LogP contribution in [0.1, 0.15) is 47.2 Å². The Morgan fingerprint density at radius 2 is 0.931 bits per heavy atom. The zero-order chi connectivity index (χ0) is 21.3. The molecule has 2 nitrogen and oxygen atoms in total. The van der Waals surface area contributed by atoms with Crippen LogP contribution in [0.15, 0.2) is 48.6 Å². The van der Waals surface area contributed by atoms with Gasteiger partial charge in [-0.3, -0.25) is 0 Å². The van der Waals surface area contributed by atoms with E-state index in [0.29, 0.717) is 0 Å². The maximum atomic E-state index is 7.01. The van der Waals surface area contributed by atoms with Gasteiger partial charge in [-0.2, -0.15) is 0 Å².